The van der Waals surface area contributed by atoms with Gasteiger partial charge in [0.25, 0.3) is 11.1 Å². The average molecular weight is 551 g/mol. The van der Waals surface area contributed by atoms with Crippen LogP contribution in [0.2, 0.25) is 5.02 Å². The minimum absolute atomic E-state index is 0.219. The van der Waals surface area contributed by atoms with Crippen molar-refractivity contribution in [2.75, 3.05) is 18.5 Å². The molecule has 1 fully saturated rings. The molecule has 0 radical (unpaired) electrons. The predicted octanol–water partition coefficient (Wildman–Crippen LogP) is 6.61. The summed E-state index contributed by atoms with van der Waals surface area (Å²) in [5.41, 5.74) is 4.22. The van der Waals surface area contributed by atoms with Gasteiger partial charge >= 0.3 is 0 Å². The molecule has 0 aromatic heterocycles. The summed E-state index contributed by atoms with van der Waals surface area (Å²) < 4.78 is 11.7. The van der Waals surface area contributed by atoms with E-state index in [-0.39, 0.29) is 4.91 Å². The molecule has 0 bridgehead atoms. The predicted molar refractivity (Wildman–Crippen MR) is 151 cm³/mol. The second kappa shape index (κ2) is 12.2. The number of amides is 3. The van der Waals surface area contributed by atoms with Crippen LogP contribution >= 0.6 is 23.4 Å². The Balaban J connectivity index is 1.44. The largest absolute Gasteiger partial charge is 0.490 e. The van der Waals surface area contributed by atoms with E-state index in [1.165, 1.54) is 0 Å². The van der Waals surface area contributed by atoms with Crippen molar-refractivity contribution >= 4 is 52.2 Å². The monoisotopic (exact) mass is 550 g/mol. The molecule has 1 aliphatic heterocycles. The summed E-state index contributed by atoms with van der Waals surface area (Å²) in [5.74, 6) is 0.0767. The second-order valence-corrected chi connectivity index (χ2v) is 10.1. The number of aryl methyl sites for hydroxylation is 2. The Morgan fingerprint density at radius 3 is 2.58 bits per heavy atom. The van der Waals surface area contributed by atoms with Gasteiger partial charge in [-0.05, 0) is 79.6 Å². The molecule has 196 valence electrons. The lowest BCUT2D eigenvalue weighted by Crippen LogP contribution is -2.36. The zero-order chi connectivity index (χ0) is 27.2. The van der Waals surface area contributed by atoms with Gasteiger partial charge in [-0.3, -0.25) is 19.3 Å². The molecule has 9 heteroatoms. The average Bonchev–Trinajstić information content (AvgIpc) is 3.13. The maximum absolute atomic E-state index is 12.9. The maximum atomic E-state index is 12.9. The molecule has 3 aromatic carbocycles. The fraction of sp³-hybridized carbons (Fsp3) is 0.207. The van der Waals surface area contributed by atoms with Crippen LogP contribution in [-0.2, 0) is 16.2 Å². The van der Waals surface area contributed by atoms with E-state index in [1.807, 2.05) is 39.0 Å². The van der Waals surface area contributed by atoms with E-state index in [1.54, 1.807) is 42.5 Å². The third-order valence-corrected chi connectivity index (χ3v) is 6.99. The summed E-state index contributed by atoms with van der Waals surface area (Å²) in [5, 5.41) is 2.67. The van der Waals surface area contributed by atoms with Crippen molar-refractivity contribution in [3.63, 3.8) is 0 Å². The fourth-order valence-electron chi connectivity index (χ4n) is 3.77. The molecule has 0 unspecified atom stereocenters. The molecule has 3 aromatic rings. The standard InChI is InChI=1S/C29H27ClN2O5S/c1-4-36-25-13-20(9-11-24(25)37-17-21-7-5-6-18(2)12-21)14-26-28(34)32(29(35)38-26)16-27(33)31-22-10-8-19(3)23(30)15-22/h5-15H,4,16-17H2,1-3H3,(H,31,33)/b26-14-. The Labute approximate surface area is 230 Å². The Hall–Kier alpha value is -3.75. The van der Waals surface area contributed by atoms with Crippen molar-refractivity contribution in [2.24, 2.45) is 0 Å². The van der Waals surface area contributed by atoms with Crippen LogP contribution in [0.25, 0.3) is 6.08 Å². The maximum Gasteiger partial charge on any atom is 0.294 e. The molecule has 0 atom stereocenters. The molecule has 1 heterocycles. The van der Waals surface area contributed by atoms with Crippen LogP contribution in [0.3, 0.4) is 0 Å². The normalized spacial score (nSPS) is 14.2. The van der Waals surface area contributed by atoms with E-state index in [4.69, 9.17) is 21.1 Å². The third kappa shape index (κ3) is 6.76. The third-order valence-electron chi connectivity index (χ3n) is 5.67. The number of carbonyl (C=O) groups is 3. The topological polar surface area (TPSA) is 84.9 Å². The number of ether oxygens (including phenoxy) is 2. The van der Waals surface area contributed by atoms with Crippen molar-refractivity contribution < 1.29 is 23.9 Å². The van der Waals surface area contributed by atoms with Crippen molar-refractivity contribution in [3.8, 4) is 11.5 Å². The lowest BCUT2D eigenvalue weighted by Gasteiger charge is -2.13. The number of anilines is 1. The highest BCUT2D eigenvalue weighted by atomic mass is 35.5. The van der Waals surface area contributed by atoms with Crippen LogP contribution in [0, 0.1) is 13.8 Å². The lowest BCUT2D eigenvalue weighted by molar-refractivity contribution is -0.127. The number of carbonyl (C=O) groups excluding carboxylic acids is 3. The van der Waals surface area contributed by atoms with Gasteiger partial charge in [0.1, 0.15) is 13.2 Å². The number of nitrogens with one attached hydrogen (secondary N) is 1. The van der Waals surface area contributed by atoms with Crippen molar-refractivity contribution in [1.82, 2.24) is 4.90 Å². The van der Waals surface area contributed by atoms with Gasteiger partial charge in [-0.15, -0.1) is 0 Å². The van der Waals surface area contributed by atoms with Gasteiger partial charge in [-0.25, -0.2) is 0 Å². The van der Waals surface area contributed by atoms with Crippen LogP contribution in [0.15, 0.2) is 65.6 Å². The highest BCUT2D eigenvalue weighted by Crippen LogP contribution is 2.35. The Bertz CT molecular complexity index is 1420. The van der Waals surface area contributed by atoms with Crippen LogP contribution in [0.1, 0.15) is 29.2 Å². The first kappa shape index (κ1) is 27.3. The summed E-state index contributed by atoms with van der Waals surface area (Å²) in [7, 11) is 0. The van der Waals surface area contributed by atoms with E-state index in [9.17, 15) is 14.4 Å². The molecule has 38 heavy (non-hydrogen) atoms. The highest BCUT2D eigenvalue weighted by Gasteiger charge is 2.36. The molecule has 3 amide bonds. The minimum atomic E-state index is -0.533. The van der Waals surface area contributed by atoms with E-state index < -0.39 is 23.6 Å². The summed E-state index contributed by atoms with van der Waals surface area (Å²) in [6.45, 7) is 6.17. The lowest BCUT2D eigenvalue weighted by atomic mass is 10.1. The number of halogens is 1. The van der Waals surface area contributed by atoms with Crippen molar-refractivity contribution in [3.05, 3.63) is 92.8 Å². The number of thioether (sulfide) groups is 1. The second-order valence-electron chi connectivity index (χ2n) is 8.70. The Morgan fingerprint density at radius 1 is 1.03 bits per heavy atom. The number of hydrogen-bond acceptors (Lipinski definition) is 6. The van der Waals surface area contributed by atoms with Crippen LogP contribution in [0.5, 0.6) is 11.5 Å². The van der Waals surface area contributed by atoms with Crippen LogP contribution in [-0.4, -0.2) is 35.1 Å². The van der Waals surface area contributed by atoms with Gasteiger partial charge in [-0.2, -0.15) is 0 Å². The van der Waals surface area contributed by atoms with E-state index in [0.717, 1.165) is 33.4 Å². The molecule has 0 spiro atoms. The molecule has 1 saturated heterocycles. The molecule has 4 rings (SSSR count). The van der Waals surface area contributed by atoms with Gasteiger partial charge in [0.05, 0.1) is 11.5 Å². The van der Waals surface area contributed by atoms with Crippen LogP contribution in [0.4, 0.5) is 10.5 Å². The number of benzene rings is 3. The number of nitrogens with zero attached hydrogens (tertiary/aromatic N) is 1. The molecule has 0 aliphatic carbocycles. The smallest absolute Gasteiger partial charge is 0.294 e. The van der Waals surface area contributed by atoms with Crippen LogP contribution < -0.4 is 14.8 Å². The van der Waals surface area contributed by atoms with Gasteiger partial charge in [0, 0.05) is 10.7 Å². The number of rotatable bonds is 9. The SMILES string of the molecule is CCOc1cc(/C=C2\SC(=O)N(CC(=O)Nc3ccc(C)c(Cl)c3)C2=O)ccc1OCc1cccc(C)c1. The minimum Gasteiger partial charge on any atom is -0.490 e. The first-order chi connectivity index (χ1) is 18.2. The Morgan fingerprint density at radius 2 is 1.84 bits per heavy atom. The zero-order valence-electron chi connectivity index (χ0n) is 21.2. The summed E-state index contributed by atoms with van der Waals surface area (Å²) in [6.07, 6.45) is 1.61. The van der Waals surface area contributed by atoms with Crippen molar-refractivity contribution in [2.45, 2.75) is 27.4 Å². The Kier molecular flexibility index (Phi) is 8.76. The molecule has 0 saturated carbocycles. The van der Waals surface area contributed by atoms with Gasteiger partial charge < -0.3 is 14.8 Å². The molecular weight excluding hydrogens is 524 g/mol. The first-order valence-electron chi connectivity index (χ1n) is 12.0. The zero-order valence-corrected chi connectivity index (χ0v) is 22.8. The van der Waals surface area contributed by atoms with Gasteiger partial charge in [-0.1, -0.05) is 53.6 Å². The van der Waals surface area contributed by atoms with E-state index in [2.05, 4.69) is 11.4 Å². The van der Waals surface area contributed by atoms with E-state index in [0.29, 0.717) is 41.0 Å². The highest BCUT2D eigenvalue weighted by molar-refractivity contribution is 8.18. The summed E-state index contributed by atoms with van der Waals surface area (Å²) in [6, 6.07) is 18.5. The van der Waals surface area contributed by atoms with E-state index >= 15 is 0 Å². The van der Waals surface area contributed by atoms with Gasteiger partial charge in [0.2, 0.25) is 5.91 Å². The number of hydrogen-bond donors (Lipinski definition) is 1. The quantitative estimate of drug-likeness (QED) is 0.302. The molecular formula is C29H27ClN2O5S. The molecule has 1 aliphatic rings. The van der Waals surface area contributed by atoms with Crippen molar-refractivity contribution in [1.29, 1.82) is 0 Å². The number of imide groups is 1. The fourth-order valence-corrected chi connectivity index (χ4v) is 4.79. The molecule has 1 N–H and O–H groups in total. The van der Waals surface area contributed by atoms with Gasteiger partial charge in [0.15, 0.2) is 11.5 Å². The molecule has 7 nitrogen and oxygen atoms in total. The first-order valence-corrected chi connectivity index (χ1v) is 13.2. The summed E-state index contributed by atoms with van der Waals surface area (Å²) >= 11 is 6.89. The summed E-state index contributed by atoms with van der Waals surface area (Å²) in [4.78, 5) is 39.1.